The molecule has 3 heteroatoms. The second-order valence-corrected chi connectivity index (χ2v) is 6.40. The molecule has 0 unspecified atom stereocenters. The van der Waals surface area contributed by atoms with Crippen LogP contribution in [0.15, 0.2) is 52.3 Å². The zero-order valence-electron chi connectivity index (χ0n) is 11.9. The summed E-state index contributed by atoms with van der Waals surface area (Å²) in [6.45, 7) is 6.13. The monoisotopic (exact) mass is 305 g/mol. The Hall–Kier alpha value is -0.960. The van der Waals surface area contributed by atoms with E-state index in [1.54, 1.807) is 11.8 Å². The highest BCUT2D eigenvalue weighted by molar-refractivity contribution is 7.99. The van der Waals surface area contributed by atoms with Crippen LogP contribution >= 0.6 is 23.4 Å². The number of hydrogen-bond acceptors (Lipinski definition) is 2. The Balaban J connectivity index is 2.05. The van der Waals surface area contributed by atoms with Gasteiger partial charge in [-0.2, -0.15) is 0 Å². The second kappa shape index (κ2) is 7.72. The zero-order chi connectivity index (χ0) is 14.4. The van der Waals surface area contributed by atoms with E-state index in [4.69, 9.17) is 11.6 Å². The SMILES string of the molecule is CCCNCc1ccc(Sc2cccc(C)c2)cc1Cl. The highest BCUT2D eigenvalue weighted by atomic mass is 35.5. The van der Waals surface area contributed by atoms with Crippen LogP contribution in [-0.2, 0) is 6.54 Å². The van der Waals surface area contributed by atoms with E-state index in [9.17, 15) is 0 Å². The standard InChI is InChI=1S/C17H20ClNS/c1-3-9-19-12-14-7-8-16(11-17(14)18)20-15-6-4-5-13(2)10-15/h4-8,10-11,19H,3,9,12H2,1-2H3. The quantitative estimate of drug-likeness (QED) is 0.727. The lowest BCUT2D eigenvalue weighted by molar-refractivity contribution is 0.675. The summed E-state index contributed by atoms with van der Waals surface area (Å²) in [5.74, 6) is 0. The first-order valence-corrected chi connectivity index (χ1v) is 8.12. The van der Waals surface area contributed by atoms with Crippen molar-refractivity contribution in [1.82, 2.24) is 5.32 Å². The van der Waals surface area contributed by atoms with Crippen LogP contribution in [0, 0.1) is 6.92 Å². The van der Waals surface area contributed by atoms with Crippen molar-refractivity contribution in [2.45, 2.75) is 36.6 Å². The van der Waals surface area contributed by atoms with Crippen molar-refractivity contribution in [3.63, 3.8) is 0 Å². The average molecular weight is 306 g/mol. The summed E-state index contributed by atoms with van der Waals surface area (Å²) >= 11 is 8.10. The van der Waals surface area contributed by atoms with Gasteiger partial charge in [0.15, 0.2) is 0 Å². The Morgan fingerprint density at radius 2 is 1.90 bits per heavy atom. The molecule has 0 saturated heterocycles. The van der Waals surface area contributed by atoms with Crippen LogP contribution in [0.5, 0.6) is 0 Å². The summed E-state index contributed by atoms with van der Waals surface area (Å²) in [6.07, 6.45) is 1.14. The van der Waals surface area contributed by atoms with Crippen molar-refractivity contribution in [1.29, 1.82) is 0 Å². The minimum atomic E-state index is 0.835. The maximum absolute atomic E-state index is 6.35. The maximum atomic E-state index is 6.35. The molecule has 20 heavy (non-hydrogen) atoms. The molecule has 2 aromatic carbocycles. The first-order chi connectivity index (χ1) is 9.69. The van der Waals surface area contributed by atoms with Gasteiger partial charge >= 0.3 is 0 Å². The van der Waals surface area contributed by atoms with E-state index in [0.717, 1.165) is 30.1 Å². The Kier molecular flexibility index (Phi) is 5.96. The minimum Gasteiger partial charge on any atom is -0.313 e. The van der Waals surface area contributed by atoms with Crippen LogP contribution in [0.4, 0.5) is 0 Å². The van der Waals surface area contributed by atoms with Crippen LogP contribution in [0.1, 0.15) is 24.5 Å². The van der Waals surface area contributed by atoms with Gasteiger partial charge in [0.1, 0.15) is 0 Å². The van der Waals surface area contributed by atoms with Crippen molar-refractivity contribution in [3.05, 3.63) is 58.6 Å². The third-order valence-corrected chi connectivity index (χ3v) is 4.32. The third kappa shape index (κ3) is 4.55. The lowest BCUT2D eigenvalue weighted by atomic mass is 10.2. The average Bonchev–Trinajstić information content (AvgIpc) is 2.41. The van der Waals surface area contributed by atoms with Crippen LogP contribution in [0.25, 0.3) is 0 Å². The van der Waals surface area contributed by atoms with E-state index in [2.05, 4.69) is 61.6 Å². The molecule has 0 bridgehead atoms. The van der Waals surface area contributed by atoms with Gasteiger partial charge < -0.3 is 5.32 Å². The molecular formula is C17H20ClNS. The Bertz CT molecular complexity index is 569. The van der Waals surface area contributed by atoms with E-state index in [-0.39, 0.29) is 0 Å². The Morgan fingerprint density at radius 1 is 1.10 bits per heavy atom. The fraction of sp³-hybridized carbons (Fsp3) is 0.294. The fourth-order valence-electron chi connectivity index (χ4n) is 1.95. The van der Waals surface area contributed by atoms with Crippen LogP contribution in [-0.4, -0.2) is 6.54 Å². The number of halogens is 1. The van der Waals surface area contributed by atoms with Gasteiger partial charge in [-0.25, -0.2) is 0 Å². The molecule has 0 spiro atoms. The summed E-state index contributed by atoms with van der Waals surface area (Å²) in [6, 6.07) is 14.8. The van der Waals surface area contributed by atoms with Gasteiger partial charge in [-0.05, 0) is 49.7 Å². The minimum absolute atomic E-state index is 0.835. The van der Waals surface area contributed by atoms with Crippen molar-refractivity contribution >= 4 is 23.4 Å². The van der Waals surface area contributed by atoms with Crippen molar-refractivity contribution in [2.24, 2.45) is 0 Å². The van der Waals surface area contributed by atoms with E-state index in [0.29, 0.717) is 0 Å². The number of hydrogen-bond donors (Lipinski definition) is 1. The van der Waals surface area contributed by atoms with Crippen LogP contribution in [0.2, 0.25) is 5.02 Å². The molecule has 0 aromatic heterocycles. The van der Waals surface area contributed by atoms with Gasteiger partial charge in [-0.15, -0.1) is 0 Å². The Morgan fingerprint density at radius 3 is 2.60 bits per heavy atom. The van der Waals surface area contributed by atoms with Gasteiger partial charge in [0.2, 0.25) is 0 Å². The molecule has 0 aliphatic heterocycles. The van der Waals surface area contributed by atoms with Gasteiger partial charge in [0.05, 0.1) is 0 Å². The van der Waals surface area contributed by atoms with E-state index < -0.39 is 0 Å². The van der Waals surface area contributed by atoms with E-state index in [1.807, 2.05) is 0 Å². The third-order valence-electron chi connectivity index (χ3n) is 2.99. The van der Waals surface area contributed by atoms with E-state index >= 15 is 0 Å². The lowest BCUT2D eigenvalue weighted by Gasteiger charge is -2.08. The number of nitrogens with one attached hydrogen (secondary N) is 1. The zero-order valence-corrected chi connectivity index (χ0v) is 13.5. The van der Waals surface area contributed by atoms with Crippen molar-refractivity contribution in [2.75, 3.05) is 6.54 Å². The first kappa shape index (κ1) is 15.4. The number of rotatable bonds is 6. The molecule has 0 fully saturated rings. The number of benzene rings is 2. The summed E-state index contributed by atoms with van der Waals surface area (Å²) in [5, 5.41) is 4.22. The largest absolute Gasteiger partial charge is 0.313 e. The maximum Gasteiger partial charge on any atom is 0.0462 e. The molecule has 2 rings (SSSR count). The molecule has 0 aliphatic carbocycles. The molecule has 0 heterocycles. The molecule has 1 nitrogen and oxygen atoms in total. The molecule has 1 N–H and O–H groups in total. The second-order valence-electron chi connectivity index (χ2n) is 4.85. The lowest BCUT2D eigenvalue weighted by Crippen LogP contribution is -2.13. The smallest absolute Gasteiger partial charge is 0.0462 e. The van der Waals surface area contributed by atoms with Crippen LogP contribution < -0.4 is 5.32 Å². The molecule has 0 saturated carbocycles. The predicted molar refractivity (Wildman–Crippen MR) is 88.8 cm³/mol. The molecule has 106 valence electrons. The van der Waals surface area contributed by atoms with Gasteiger partial charge in [0.25, 0.3) is 0 Å². The number of aryl methyl sites for hydroxylation is 1. The summed E-state index contributed by atoms with van der Waals surface area (Å²) in [7, 11) is 0. The highest BCUT2D eigenvalue weighted by Crippen LogP contribution is 2.31. The summed E-state index contributed by atoms with van der Waals surface area (Å²) in [5.41, 5.74) is 2.44. The highest BCUT2D eigenvalue weighted by Gasteiger charge is 2.03. The predicted octanol–water partition coefficient (Wildman–Crippen LogP) is 5.30. The molecule has 2 aromatic rings. The van der Waals surface area contributed by atoms with Gasteiger partial charge in [-0.1, -0.05) is 54.0 Å². The Labute approximate surface area is 130 Å². The van der Waals surface area contributed by atoms with E-state index in [1.165, 1.54) is 15.4 Å². The molecule has 0 atom stereocenters. The molecule has 0 radical (unpaired) electrons. The van der Waals surface area contributed by atoms with Gasteiger partial charge in [-0.3, -0.25) is 0 Å². The van der Waals surface area contributed by atoms with Crippen molar-refractivity contribution in [3.8, 4) is 0 Å². The normalized spacial score (nSPS) is 10.8. The molecule has 0 aliphatic rings. The fourth-order valence-corrected chi connectivity index (χ4v) is 3.24. The molecular weight excluding hydrogens is 286 g/mol. The molecule has 0 amide bonds. The topological polar surface area (TPSA) is 12.0 Å². The van der Waals surface area contributed by atoms with Crippen molar-refractivity contribution < 1.29 is 0 Å². The summed E-state index contributed by atoms with van der Waals surface area (Å²) < 4.78 is 0. The first-order valence-electron chi connectivity index (χ1n) is 6.92. The van der Waals surface area contributed by atoms with Crippen LogP contribution in [0.3, 0.4) is 0 Å². The van der Waals surface area contributed by atoms with Gasteiger partial charge in [0, 0.05) is 21.4 Å². The summed E-state index contributed by atoms with van der Waals surface area (Å²) in [4.78, 5) is 2.43.